The first-order valence-electron chi connectivity index (χ1n) is 6.71. The molecule has 0 bridgehead atoms. The first kappa shape index (κ1) is 14.5. The van der Waals surface area contributed by atoms with E-state index in [0.29, 0.717) is 5.92 Å². The number of nitrogens with zero attached hydrogens (tertiary/aromatic N) is 1. The van der Waals surface area contributed by atoms with Gasteiger partial charge < -0.3 is 0 Å². The lowest BCUT2D eigenvalue weighted by molar-refractivity contribution is -0.128. The molecule has 0 radical (unpaired) electrons. The molecule has 1 fully saturated rings. The summed E-state index contributed by atoms with van der Waals surface area (Å²) in [6, 6.07) is -0.0758. The predicted octanol–water partition coefficient (Wildman–Crippen LogP) is 1.37. The minimum absolute atomic E-state index is 0.0528. The lowest BCUT2D eigenvalue weighted by Crippen LogP contribution is -2.54. The number of hydrazine groups is 1. The molecule has 3 N–H and O–H groups in total. The maximum Gasteiger partial charge on any atom is 0.251 e. The molecule has 4 nitrogen and oxygen atoms in total. The van der Waals surface area contributed by atoms with Crippen molar-refractivity contribution >= 4 is 5.91 Å². The summed E-state index contributed by atoms with van der Waals surface area (Å²) in [7, 11) is 0. The molecule has 0 aliphatic carbocycles. The maximum atomic E-state index is 11.8. The van der Waals surface area contributed by atoms with Crippen LogP contribution in [0.3, 0.4) is 0 Å². The predicted molar refractivity (Wildman–Crippen MR) is 70.1 cm³/mol. The number of nitrogens with two attached hydrogens (primary N) is 1. The van der Waals surface area contributed by atoms with Crippen LogP contribution in [0.5, 0.6) is 0 Å². The minimum atomic E-state index is -0.0758. The minimum Gasteiger partial charge on any atom is -0.293 e. The average molecular weight is 241 g/mol. The summed E-state index contributed by atoms with van der Waals surface area (Å²) in [5.41, 5.74) is 2.30. The van der Waals surface area contributed by atoms with Crippen LogP contribution in [0, 0.1) is 17.8 Å². The second-order valence-electron chi connectivity index (χ2n) is 5.81. The first-order valence-corrected chi connectivity index (χ1v) is 6.71. The van der Waals surface area contributed by atoms with Crippen molar-refractivity contribution in [3.05, 3.63) is 0 Å². The van der Waals surface area contributed by atoms with Gasteiger partial charge in [-0.15, -0.1) is 0 Å². The lowest BCUT2D eigenvalue weighted by Gasteiger charge is -2.39. The van der Waals surface area contributed by atoms with E-state index in [1.54, 1.807) is 0 Å². The second-order valence-corrected chi connectivity index (χ2v) is 5.81. The molecule has 1 atom stereocenters. The third kappa shape index (κ3) is 3.68. The SMILES string of the molecule is CC(C)C1CCN(C(C(=O)NN)C(C)C)CC1. The molecule has 0 aromatic carbocycles. The monoisotopic (exact) mass is 241 g/mol. The Bertz CT molecular complexity index is 245. The number of piperidine rings is 1. The number of hydrogen-bond acceptors (Lipinski definition) is 3. The van der Waals surface area contributed by atoms with Gasteiger partial charge in [-0.1, -0.05) is 27.7 Å². The van der Waals surface area contributed by atoms with Crippen LogP contribution in [0.4, 0.5) is 0 Å². The molecule has 1 saturated heterocycles. The number of hydrogen-bond donors (Lipinski definition) is 2. The van der Waals surface area contributed by atoms with Crippen LogP contribution in [-0.4, -0.2) is 29.9 Å². The summed E-state index contributed by atoms with van der Waals surface area (Å²) in [5.74, 6) is 7.07. The van der Waals surface area contributed by atoms with E-state index in [1.165, 1.54) is 12.8 Å². The van der Waals surface area contributed by atoms with Crippen LogP contribution in [0.15, 0.2) is 0 Å². The molecule has 17 heavy (non-hydrogen) atoms. The zero-order valence-electron chi connectivity index (χ0n) is 11.6. The normalized spacial score (nSPS) is 20.9. The largest absolute Gasteiger partial charge is 0.293 e. The molecule has 4 heteroatoms. The molecule has 0 spiro atoms. The van der Waals surface area contributed by atoms with Crippen molar-refractivity contribution in [3.8, 4) is 0 Å². The van der Waals surface area contributed by atoms with Gasteiger partial charge in [0.15, 0.2) is 0 Å². The van der Waals surface area contributed by atoms with E-state index in [2.05, 4.69) is 38.0 Å². The zero-order valence-corrected chi connectivity index (χ0v) is 11.6. The van der Waals surface area contributed by atoms with Gasteiger partial charge in [-0.05, 0) is 43.7 Å². The number of nitrogens with one attached hydrogen (secondary N) is 1. The summed E-state index contributed by atoms with van der Waals surface area (Å²) in [6.45, 7) is 10.8. The van der Waals surface area contributed by atoms with E-state index in [1.807, 2.05) is 0 Å². The Kier molecular flexibility index (Phi) is 5.40. The molecule has 1 aliphatic rings. The Labute approximate surface area is 105 Å². The molecular formula is C13H27N3O. The number of carbonyl (C=O) groups excluding carboxylic acids is 1. The molecule has 1 heterocycles. The highest BCUT2D eigenvalue weighted by atomic mass is 16.2. The number of likely N-dealkylation sites (tertiary alicyclic amines) is 1. The molecule has 0 saturated carbocycles. The fourth-order valence-electron chi connectivity index (χ4n) is 2.84. The fraction of sp³-hybridized carbons (Fsp3) is 0.923. The average Bonchev–Trinajstić information content (AvgIpc) is 2.29. The Morgan fingerprint density at radius 1 is 1.24 bits per heavy atom. The van der Waals surface area contributed by atoms with E-state index >= 15 is 0 Å². The quantitative estimate of drug-likeness (QED) is 0.444. The van der Waals surface area contributed by atoms with E-state index in [0.717, 1.165) is 24.9 Å². The van der Waals surface area contributed by atoms with E-state index in [-0.39, 0.29) is 11.9 Å². The van der Waals surface area contributed by atoms with Gasteiger partial charge in [-0.2, -0.15) is 0 Å². The molecule has 0 aromatic heterocycles. The van der Waals surface area contributed by atoms with Crippen molar-refractivity contribution in [2.75, 3.05) is 13.1 Å². The van der Waals surface area contributed by atoms with Crippen molar-refractivity contribution in [2.45, 2.75) is 46.6 Å². The molecule has 1 unspecified atom stereocenters. The topological polar surface area (TPSA) is 58.4 Å². The second kappa shape index (κ2) is 6.36. The van der Waals surface area contributed by atoms with Crippen LogP contribution in [0.2, 0.25) is 0 Å². The molecule has 1 aliphatic heterocycles. The van der Waals surface area contributed by atoms with Crippen molar-refractivity contribution in [1.82, 2.24) is 10.3 Å². The Balaban J connectivity index is 2.58. The first-order chi connectivity index (χ1) is 7.97. The van der Waals surface area contributed by atoms with Crippen LogP contribution in [0.25, 0.3) is 0 Å². The highest BCUT2D eigenvalue weighted by Crippen LogP contribution is 2.26. The van der Waals surface area contributed by atoms with Gasteiger partial charge in [0, 0.05) is 0 Å². The molecule has 1 amide bonds. The summed E-state index contributed by atoms with van der Waals surface area (Å²) < 4.78 is 0. The van der Waals surface area contributed by atoms with E-state index in [4.69, 9.17) is 5.84 Å². The van der Waals surface area contributed by atoms with Crippen molar-refractivity contribution in [1.29, 1.82) is 0 Å². The van der Waals surface area contributed by atoms with Gasteiger partial charge in [0.05, 0.1) is 6.04 Å². The number of rotatable bonds is 4. The summed E-state index contributed by atoms with van der Waals surface area (Å²) in [6.07, 6.45) is 2.39. The molecule has 100 valence electrons. The fourth-order valence-corrected chi connectivity index (χ4v) is 2.84. The summed E-state index contributed by atoms with van der Waals surface area (Å²) >= 11 is 0. The molecular weight excluding hydrogens is 214 g/mol. The van der Waals surface area contributed by atoms with Gasteiger partial charge in [0.1, 0.15) is 0 Å². The van der Waals surface area contributed by atoms with Crippen LogP contribution >= 0.6 is 0 Å². The van der Waals surface area contributed by atoms with Gasteiger partial charge in [0.25, 0.3) is 5.91 Å². The number of amides is 1. The van der Waals surface area contributed by atoms with Gasteiger partial charge in [-0.25, -0.2) is 5.84 Å². The highest BCUT2D eigenvalue weighted by molar-refractivity contribution is 5.81. The summed E-state index contributed by atoms with van der Waals surface area (Å²) in [5, 5.41) is 0. The third-order valence-corrected chi connectivity index (χ3v) is 3.95. The summed E-state index contributed by atoms with van der Waals surface area (Å²) in [4.78, 5) is 14.1. The van der Waals surface area contributed by atoms with Gasteiger partial charge in [-0.3, -0.25) is 15.1 Å². The van der Waals surface area contributed by atoms with Crippen LogP contribution in [0.1, 0.15) is 40.5 Å². The maximum absolute atomic E-state index is 11.8. The van der Waals surface area contributed by atoms with Crippen LogP contribution < -0.4 is 11.3 Å². The Morgan fingerprint density at radius 2 is 1.76 bits per heavy atom. The smallest absolute Gasteiger partial charge is 0.251 e. The lowest BCUT2D eigenvalue weighted by atomic mass is 9.85. The van der Waals surface area contributed by atoms with E-state index in [9.17, 15) is 4.79 Å². The Hall–Kier alpha value is -0.610. The van der Waals surface area contributed by atoms with Crippen molar-refractivity contribution in [2.24, 2.45) is 23.6 Å². The third-order valence-electron chi connectivity index (χ3n) is 3.95. The standard InChI is InChI=1S/C13H27N3O/c1-9(2)11-5-7-16(8-6-11)12(10(3)4)13(17)15-14/h9-12H,5-8,14H2,1-4H3,(H,15,17). The Morgan fingerprint density at radius 3 is 2.12 bits per heavy atom. The van der Waals surface area contributed by atoms with Gasteiger partial charge in [0.2, 0.25) is 0 Å². The molecule has 1 rings (SSSR count). The zero-order chi connectivity index (χ0) is 13.0. The van der Waals surface area contributed by atoms with Crippen molar-refractivity contribution in [3.63, 3.8) is 0 Å². The van der Waals surface area contributed by atoms with E-state index < -0.39 is 0 Å². The number of carbonyl (C=O) groups is 1. The van der Waals surface area contributed by atoms with Gasteiger partial charge >= 0.3 is 0 Å². The highest BCUT2D eigenvalue weighted by Gasteiger charge is 2.32. The molecule has 0 aromatic rings. The van der Waals surface area contributed by atoms with Crippen LogP contribution in [-0.2, 0) is 4.79 Å². The van der Waals surface area contributed by atoms with Crippen molar-refractivity contribution < 1.29 is 4.79 Å².